The van der Waals surface area contributed by atoms with Crippen LogP contribution in [0.2, 0.25) is 0 Å². The van der Waals surface area contributed by atoms with Crippen molar-refractivity contribution in [2.24, 2.45) is 14.1 Å². The molecular weight excluding hydrogens is 507 g/mol. The van der Waals surface area contributed by atoms with E-state index >= 15 is 0 Å². The molecule has 0 radical (unpaired) electrons. The second-order valence-electron chi connectivity index (χ2n) is 8.61. The Balaban J connectivity index is 1.61. The smallest absolute Gasteiger partial charge is 0.333 e. The molecule has 12 nitrogen and oxygen atoms in total. The van der Waals surface area contributed by atoms with Gasteiger partial charge >= 0.3 is 5.69 Å². The van der Waals surface area contributed by atoms with E-state index < -0.39 is 26.9 Å². The minimum Gasteiger partial charge on any atom is -0.375 e. The molecule has 1 unspecified atom stereocenters. The zero-order valence-electron chi connectivity index (χ0n) is 20.4. The van der Waals surface area contributed by atoms with Gasteiger partial charge in [0.1, 0.15) is 5.82 Å². The fraction of sp³-hybridized carbons (Fsp3) is 0.391. The molecule has 3 heterocycles. The van der Waals surface area contributed by atoms with Crippen LogP contribution in [0.3, 0.4) is 0 Å². The van der Waals surface area contributed by atoms with E-state index in [-0.39, 0.29) is 52.5 Å². The van der Waals surface area contributed by atoms with Gasteiger partial charge in [-0.15, -0.1) is 0 Å². The van der Waals surface area contributed by atoms with E-state index in [1.807, 2.05) is 0 Å². The fourth-order valence-corrected chi connectivity index (χ4v) is 4.85. The van der Waals surface area contributed by atoms with Crippen molar-refractivity contribution in [1.29, 1.82) is 0 Å². The number of carbonyl (C=O) groups is 1. The predicted octanol–water partition coefficient (Wildman–Crippen LogP) is -0.655. The first kappa shape index (κ1) is 26.3. The first-order chi connectivity index (χ1) is 17.5. The van der Waals surface area contributed by atoms with Crippen molar-refractivity contribution in [2.75, 3.05) is 31.3 Å². The summed E-state index contributed by atoms with van der Waals surface area (Å²) >= 11 is 0. The molecule has 1 aliphatic rings. The maximum Gasteiger partial charge on any atom is 0.333 e. The summed E-state index contributed by atoms with van der Waals surface area (Å²) in [5.74, 6) is 4.50. The molecule has 2 aromatic heterocycles. The molecule has 1 amide bonds. The van der Waals surface area contributed by atoms with Gasteiger partial charge < -0.3 is 19.9 Å². The molecular formula is C23H25FN6O6S. The summed E-state index contributed by atoms with van der Waals surface area (Å²) in [5.41, 5.74) is -1.19. The summed E-state index contributed by atoms with van der Waals surface area (Å²) in [6.07, 6.45) is 0.782. The Bertz CT molecular complexity index is 1670. The van der Waals surface area contributed by atoms with Gasteiger partial charge in [-0.1, -0.05) is 11.8 Å². The number of anilines is 1. The maximum atomic E-state index is 14.2. The maximum absolute atomic E-state index is 14.2. The van der Waals surface area contributed by atoms with Gasteiger partial charge in [0.15, 0.2) is 11.2 Å². The third-order valence-corrected chi connectivity index (χ3v) is 6.75. The van der Waals surface area contributed by atoms with Gasteiger partial charge in [-0.25, -0.2) is 17.6 Å². The molecule has 0 aliphatic carbocycles. The number of ether oxygens (including phenoxy) is 1. The van der Waals surface area contributed by atoms with E-state index in [1.165, 1.54) is 26.2 Å². The summed E-state index contributed by atoms with van der Waals surface area (Å²) in [6.45, 7) is 1.53. The summed E-state index contributed by atoms with van der Waals surface area (Å²) < 4.78 is 46.9. The minimum absolute atomic E-state index is 0.0720. The Hall–Kier alpha value is -3.80. The standard InChI is InChI=1S/C23H25FN6O6S/c1-28-19-20(27-22(28)37(3,34)35)30(23(33)29(2)21(19)32)7-4-5-14-9-15(24)11-16(10-14)26-18(31)12-17-13-25-6-8-36-17/h9-11,17,25H,6-8,12-13H2,1-3H3,(H,26,31). The normalized spacial score (nSPS) is 15.8. The summed E-state index contributed by atoms with van der Waals surface area (Å²) in [7, 11) is -1.15. The van der Waals surface area contributed by atoms with Crippen LogP contribution in [0.15, 0.2) is 32.9 Å². The third kappa shape index (κ3) is 5.63. The van der Waals surface area contributed by atoms with Gasteiger partial charge in [0.25, 0.3) is 5.56 Å². The van der Waals surface area contributed by atoms with Crippen LogP contribution in [0.1, 0.15) is 12.0 Å². The molecule has 3 aromatic rings. The molecule has 2 N–H and O–H groups in total. The first-order valence-corrected chi connectivity index (χ1v) is 13.1. The Morgan fingerprint density at radius 3 is 2.70 bits per heavy atom. The topological polar surface area (TPSA) is 146 Å². The number of imidazole rings is 1. The number of halogens is 1. The van der Waals surface area contributed by atoms with Crippen molar-refractivity contribution in [1.82, 2.24) is 24.0 Å². The highest BCUT2D eigenvalue weighted by molar-refractivity contribution is 7.90. The molecule has 4 rings (SSSR count). The van der Waals surface area contributed by atoms with Crippen LogP contribution < -0.4 is 21.9 Å². The second kappa shape index (κ2) is 10.3. The SMILES string of the molecule is Cn1c(=O)c2c(nc(S(C)(=O)=O)n2C)n(CC#Cc2cc(F)cc(NC(=O)CC3CNCCO3)c2)c1=O. The molecule has 1 aliphatic heterocycles. The molecule has 1 atom stereocenters. The molecule has 0 saturated carbocycles. The summed E-state index contributed by atoms with van der Waals surface area (Å²) in [5, 5.41) is 5.39. The van der Waals surface area contributed by atoms with Crippen molar-refractivity contribution in [3.63, 3.8) is 0 Å². The largest absolute Gasteiger partial charge is 0.375 e. The number of sulfone groups is 1. The van der Waals surface area contributed by atoms with E-state index in [9.17, 15) is 27.2 Å². The number of hydrogen-bond acceptors (Lipinski definition) is 8. The lowest BCUT2D eigenvalue weighted by Gasteiger charge is -2.23. The predicted molar refractivity (Wildman–Crippen MR) is 132 cm³/mol. The van der Waals surface area contributed by atoms with Crippen LogP contribution >= 0.6 is 0 Å². The van der Waals surface area contributed by atoms with E-state index in [4.69, 9.17) is 4.74 Å². The highest BCUT2D eigenvalue weighted by atomic mass is 32.2. The Kier molecular flexibility index (Phi) is 7.30. The lowest BCUT2D eigenvalue weighted by atomic mass is 10.1. The van der Waals surface area contributed by atoms with Crippen LogP contribution in [0.25, 0.3) is 11.2 Å². The fourth-order valence-electron chi connectivity index (χ4n) is 4.01. The van der Waals surface area contributed by atoms with Crippen molar-refractivity contribution in [2.45, 2.75) is 24.2 Å². The molecule has 0 bridgehead atoms. The zero-order valence-corrected chi connectivity index (χ0v) is 21.2. The number of hydrogen-bond donors (Lipinski definition) is 2. The molecule has 0 spiro atoms. The number of carbonyl (C=O) groups excluding carboxylic acids is 1. The van der Waals surface area contributed by atoms with Crippen LogP contribution in [0.5, 0.6) is 0 Å². The number of nitrogens with zero attached hydrogens (tertiary/aromatic N) is 4. The lowest BCUT2D eigenvalue weighted by Crippen LogP contribution is -2.40. The molecule has 37 heavy (non-hydrogen) atoms. The second-order valence-corrected chi connectivity index (χ2v) is 10.5. The van der Waals surface area contributed by atoms with Crippen molar-refractivity contribution in [3.8, 4) is 11.8 Å². The highest BCUT2D eigenvalue weighted by Crippen LogP contribution is 2.16. The zero-order chi connectivity index (χ0) is 26.9. The average Bonchev–Trinajstić information content (AvgIpc) is 3.17. The van der Waals surface area contributed by atoms with Crippen LogP contribution in [-0.2, 0) is 40.0 Å². The van der Waals surface area contributed by atoms with E-state index in [0.29, 0.717) is 13.2 Å². The Morgan fingerprint density at radius 1 is 1.27 bits per heavy atom. The van der Waals surface area contributed by atoms with Crippen LogP contribution in [-0.4, -0.2) is 65.1 Å². The van der Waals surface area contributed by atoms with E-state index in [0.717, 1.165) is 32.6 Å². The van der Waals surface area contributed by atoms with Gasteiger partial charge in [0.05, 0.1) is 25.7 Å². The number of aromatic nitrogens is 4. The summed E-state index contributed by atoms with van der Waals surface area (Å²) in [4.78, 5) is 41.7. The summed E-state index contributed by atoms with van der Waals surface area (Å²) in [6, 6.07) is 3.80. The third-order valence-electron chi connectivity index (χ3n) is 5.72. The highest BCUT2D eigenvalue weighted by Gasteiger charge is 2.23. The number of fused-ring (bicyclic) bond motifs is 1. The minimum atomic E-state index is -3.78. The van der Waals surface area contributed by atoms with Crippen molar-refractivity contribution in [3.05, 3.63) is 50.4 Å². The van der Waals surface area contributed by atoms with Crippen LogP contribution in [0, 0.1) is 17.7 Å². The molecule has 1 fully saturated rings. The van der Waals surface area contributed by atoms with Gasteiger partial charge in [0, 0.05) is 44.7 Å². The number of aryl methyl sites for hydroxylation is 1. The average molecular weight is 533 g/mol. The number of rotatable bonds is 5. The first-order valence-electron chi connectivity index (χ1n) is 11.2. The van der Waals surface area contributed by atoms with Gasteiger partial charge in [-0.2, -0.15) is 4.98 Å². The monoisotopic (exact) mass is 532 g/mol. The van der Waals surface area contributed by atoms with Crippen molar-refractivity contribution < 1.29 is 22.3 Å². The van der Waals surface area contributed by atoms with E-state index in [1.54, 1.807) is 0 Å². The van der Waals surface area contributed by atoms with Gasteiger partial charge in [-0.05, 0) is 18.2 Å². The van der Waals surface area contributed by atoms with Crippen molar-refractivity contribution >= 4 is 32.6 Å². The number of morpholine rings is 1. The van der Waals surface area contributed by atoms with E-state index in [2.05, 4.69) is 27.5 Å². The Labute approximate surface area is 211 Å². The Morgan fingerprint density at radius 2 is 2.03 bits per heavy atom. The lowest BCUT2D eigenvalue weighted by molar-refractivity contribution is -0.119. The number of benzene rings is 1. The molecule has 14 heteroatoms. The number of amides is 1. The van der Waals surface area contributed by atoms with Gasteiger partial charge in [-0.3, -0.25) is 18.7 Å². The molecule has 196 valence electrons. The molecule has 1 aromatic carbocycles. The number of nitrogens with one attached hydrogen (secondary N) is 2. The van der Waals surface area contributed by atoms with Gasteiger partial charge in [0.2, 0.25) is 20.9 Å². The molecule has 1 saturated heterocycles. The van der Waals surface area contributed by atoms with Crippen LogP contribution in [0.4, 0.5) is 10.1 Å². The quantitative estimate of drug-likeness (QED) is 0.412.